The van der Waals surface area contributed by atoms with Crippen molar-refractivity contribution in [3.8, 4) is 11.5 Å². The number of carbonyl (C=O) groups excluding carboxylic acids is 1. The topological polar surface area (TPSA) is 85.3 Å². The first-order chi connectivity index (χ1) is 20.3. The minimum absolute atomic E-state index is 0.0447. The monoisotopic (exact) mass is 710 g/mol. The molecular formula is C32H27IN2O5S2. The molecule has 0 atom stereocenters. The van der Waals surface area contributed by atoms with E-state index >= 15 is 0 Å². The Balaban J connectivity index is 1.47. The number of hydrogen-bond acceptors (Lipinski definition) is 7. The van der Waals surface area contributed by atoms with Crippen molar-refractivity contribution in [3.63, 3.8) is 0 Å². The highest BCUT2D eigenvalue weighted by molar-refractivity contribution is 14.1. The molecule has 1 saturated heterocycles. The lowest BCUT2D eigenvalue weighted by atomic mass is 10.1. The van der Waals surface area contributed by atoms with Crippen LogP contribution in [0, 0.1) is 3.57 Å². The van der Waals surface area contributed by atoms with Gasteiger partial charge in [-0.25, -0.2) is 0 Å². The lowest BCUT2D eigenvalue weighted by molar-refractivity contribution is -0.122. The number of thioether (sulfide) groups is 1. The Morgan fingerprint density at radius 3 is 2.17 bits per heavy atom. The molecule has 0 bridgehead atoms. The number of nitrogens with zero attached hydrogens (tertiary/aromatic N) is 2. The van der Waals surface area contributed by atoms with Crippen LogP contribution in [0.1, 0.15) is 23.6 Å². The van der Waals surface area contributed by atoms with Crippen LogP contribution in [-0.2, 0) is 28.0 Å². The molecule has 10 heteroatoms. The predicted octanol–water partition coefficient (Wildman–Crippen LogP) is 7.13. The Bertz CT molecular complexity index is 1730. The van der Waals surface area contributed by atoms with Gasteiger partial charge in [-0.2, -0.15) is 8.42 Å². The van der Waals surface area contributed by atoms with Crippen LogP contribution >= 0.6 is 34.4 Å². The summed E-state index contributed by atoms with van der Waals surface area (Å²) in [7, 11) is -4.08. The Hall–Kier alpha value is -3.61. The van der Waals surface area contributed by atoms with Gasteiger partial charge >= 0.3 is 10.1 Å². The number of carbonyl (C=O) groups is 1. The Morgan fingerprint density at radius 1 is 0.905 bits per heavy atom. The molecule has 0 N–H and O–H groups in total. The van der Waals surface area contributed by atoms with Gasteiger partial charge in [0.2, 0.25) is 0 Å². The zero-order chi connectivity index (χ0) is 29.5. The number of aliphatic imine (C=N–C) groups is 1. The van der Waals surface area contributed by atoms with Gasteiger partial charge in [0.05, 0.1) is 28.2 Å². The maximum absolute atomic E-state index is 13.7. The Morgan fingerprint density at radius 2 is 1.52 bits per heavy atom. The van der Waals surface area contributed by atoms with Gasteiger partial charge in [0, 0.05) is 0 Å². The average molecular weight is 711 g/mol. The van der Waals surface area contributed by atoms with Gasteiger partial charge in [-0.15, -0.1) is 0 Å². The third kappa shape index (κ3) is 7.23. The first-order valence-corrected chi connectivity index (χ1v) is 16.4. The van der Waals surface area contributed by atoms with Gasteiger partial charge in [-0.05, 0) is 88.3 Å². The molecule has 0 radical (unpaired) electrons. The first-order valence-electron chi connectivity index (χ1n) is 13.1. The van der Waals surface area contributed by atoms with Crippen molar-refractivity contribution >= 4 is 61.6 Å². The molecule has 4 aromatic rings. The number of amides is 1. The molecule has 0 aromatic heterocycles. The van der Waals surface area contributed by atoms with Gasteiger partial charge in [-0.3, -0.25) is 14.7 Å². The van der Waals surface area contributed by atoms with Crippen LogP contribution in [0.25, 0.3) is 6.08 Å². The van der Waals surface area contributed by atoms with E-state index in [0.29, 0.717) is 38.9 Å². The fourth-order valence-electron chi connectivity index (χ4n) is 4.19. The molecule has 0 unspecified atom stereocenters. The van der Waals surface area contributed by atoms with Crippen molar-refractivity contribution in [1.29, 1.82) is 0 Å². The van der Waals surface area contributed by atoms with Crippen molar-refractivity contribution in [2.45, 2.75) is 24.9 Å². The van der Waals surface area contributed by atoms with E-state index in [1.54, 1.807) is 48.2 Å². The summed E-state index contributed by atoms with van der Waals surface area (Å²) in [4.78, 5) is 20.7. The first kappa shape index (κ1) is 29.9. The van der Waals surface area contributed by atoms with Gasteiger partial charge in [0.1, 0.15) is 4.90 Å². The lowest BCUT2D eigenvalue weighted by Crippen LogP contribution is -2.28. The van der Waals surface area contributed by atoms with E-state index in [0.717, 1.165) is 11.1 Å². The Kier molecular flexibility index (Phi) is 9.65. The van der Waals surface area contributed by atoms with Crippen LogP contribution in [0.3, 0.4) is 0 Å². The van der Waals surface area contributed by atoms with Crippen molar-refractivity contribution in [3.05, 3.63) is 128 Å². The van der Waals surface area contributed by atoms with Gasteiger partial charge in [0.25, 0.3) is 5.91 Å². The molecule has 0 saturated carbocycles. The largest absolute Gasteiger partial charge is 0.490 e. The van der Waals surface area contributed by atoms with E-state index < -0.39 is 10.1 Å². The quantitative estimate of drug-likeness (QED) is 0.0990. The summed E-state index contributed by atoms with van der Waals surface area (Å²) in [5.74, 6) is 0.214. The van der Waals surface area contributed by atoms with Gasteiger partial charge < -0.3 is 8.92 Å². The number of amidine groups is 1. The third-order valence-electron chi connectivity index (χ3n) is 6.17. The van der Waals surface area contributed by atoms with Crippen LogP contribution in [0.4, 0.5) is 0 Å². The molecule has 0 spiro atoms. The molecule has 5 rings (SSSR count). The van der Waals surface area contributed by atoms with Gasteiger partial charge in [-0.1, -0.05) is 78.9 Å². The van der Waals surface area contributed by atoms with E-state index in [1.165, 1.54) is 23.9 Å². The van der Waals surface area contributed by atoms with Crippen LogP contribution in [0.5, 0.6) is 11.5 Å². The van der Waals surface area contributed by atoms with Crippen LogP contribution in [0.2, 0.25) is 0 Å². The highest BCUT2D eigenvalue weighted by Crippen LogP contribution is 2.39. The van der Waals surface area contributed by atoms with Gasteiger partial charge in [0.15, 0.2) is 16.7 Å². The number of hydrogen-bond donors (Lipinski definition) is 0. The SMILES string of the molecule is CCOc1cc(/C=C2/SC(=NCc3ccccc3)N(Cc3ccccc3)C2=O)cc(I)c1OS(=O)(=O)c1ccccc1. The molecule has 1 aliphatic rings. The molecule has 1 amide bonds. The molecule has 7 nitrogen and oxygen atoms in total. The van der Waals surface area contributed by atoms with Crippen LogP contribution < -0.4 is 8.92 Å². The summed E-state index contributed by atoms with van der Waals surface area (Å²) in [6.07, 6.45) is 1.77. The fraction of sp³-hybridized carbons (Fsp3) is 0.125. The maximum atomic E-state index is 13.7. The molecule has 214 valence electrons. The second-order valence-electron chi connectivity index (χ2n) is 9.19. The van der Waals surface area contributed by atoms with Crippen molar-refractivity contribution < 1.29 is 22.1 Å². The molecule has 0 aliphatic carbocycles. The highest BCUT2D eigenvalue weighted by atomic mass is 127. The maximum Gasteiger partial charge on any atom is 0.339 e. The summed E-state index contributed by atoms with van der Waals surface area (Å²) in [5, 5.41) is 0.618. The zero-order valence-corrected chi connectivity index (χ0v) is 26.4. The average Bonchev–Trinajstić information content (AvgIpc) is 3.28. The number of ether oxygens (including phenoxy) is 1. The van der Waals surface area contributed by atoms with Crippen molar-refractivity contribution in [2.75, 3.05) is 6.61 Å². The summed E-state index contributed by atoms with van der Waals surface area (Å²) < 4.78 is 37.7. The molecule has 4 aromatic carbocycles. The standard InChI is InChI=1S/C32H27IN2O5S2/c1-2-39-28-19-25(18-27(33)30(28)40-42(37,38)26-16-10-5-11-17-26)20-29-31(36)35(22-24-14-8-4-9-15-24)32(41-29)34-21-23-12-6-3-7-13-23/h3-20H,2,21-22H2,1H3/b29-20+,34-32?. The Labute approximate surface area is 263 Å². The number of rotatable bonds is 10. The van der Waals surface area contributed by atoms with Crippen LogP contribution in [-0.4, -0.2) is 31.0 Å². The minimum Gasteiger partial charge on any atom is -0.490 e. The lowest BCUT2D eigenvalue weighted by Gasteiger charge is -2.16. The summed E-state index contributed by atoms with van der Waals surface area (Å²) in [6.45, 7) is 2.94. The zero-order valence-electron chi connectivity index (χ0n) is 22.6. The third-order valence-corrected chi connectivity index (χ3v) is 9.25. The van der Waals surface area contributed by atoms with E-state index in [9.17, 15) is 13.2 Å². The van der Waals surface area contributed by atoms with E-state index in [4.69, 9.17) is 13.9 Å². The van der Waals surface area contributed by atoms with Crippen molar-refractivity contribution in [2.24, 2.45) is 4.99 Å². The summed E-state index contributed by atoms with van der Waals surface area (Å²) >= 11 is 3.33. The second kappa shape index (κ2) is 13.6. The molecule has 1 aliphatic heterocycles. The van der Waals surface area contributed by atoms with Crippen molar-refractivity contribution in [1.82, 2.24) is 4.90 Å². The second-order valence-corrected chi connectivity index (χ2v) is 12.9. The normalized spacial score (nSPS) is 15.4. The number of halogens is 1. The molecular weight excluding hydrogens is 683 g/mol. The smallest absolute Gasteiger partial charge is 0.339 e. The van der Waals surface area contributed by atoms with E-state index in [1.807, 2.05) is 83.3 Å². The molecule has 42 heavy (non-hydrogen) atoms. The molecule has 1 fully saturated rings. The number of benzene rings is 4. The molecule has 1 heterocycles. The highest BCUT2D eigenvalue weighted by Gasteiger charge is 2.33. The summed E-state index contributed by atoms with van der Waals surface area (Å²) in [6, 6.07) is 31.1. The predicted molar refractivity (Wildman–Crippen MR) is 175 cm³/mol. The fourth-order valence-corrected chi connectivity index (χ4v) is 7.02. The minimum atomic E-state index is -4.08. The van der Waals surface area contributed by atoms with E-state index in [-0.39, 0.29) is 22.3 Å². The summed E-state index contributed by atoms with van der Waals surface area (Å²) in [5.41, 5.74) is 2.72. The van der Waals surface area contributed by atoms with Crippen LogP contribution in [0.15, 0.2) is 118 Å². The van der Waals surface area contributed by atoms with E-state index in [2.05, 4.69) is 0 Å².